The van der Waals surface area contributed by atoms with Crippen molar-refractivity contribution in [3.05, 3.63) is 76.0 Å². The van der Waals surface area contributed by atoms with Gasteiger partial charge in [0.1, 0.15) is 11.6 Å². The fourth-order valence-corrected chi connectivity index (χ4v) is 5.66. The van der Waals surface area contributed by atoms with Crippen molar-refractivity contribution in [2.45, 2.75) is 50.7 Å². The number of ether oxygens (including phenoxy) is 2. The topological polar surface area (TPSA) is 148 Å². The van der Waals surface area contributed by atoms with E-state index in [1.165, 1.54) is 29.8 Å². The number of hydrogen-bond acceptors (Lipinski definition) is 8. The van der Waals surface area contributed by atoms with Crippen molar-refractivity contribution in [1.29, 1.82) is 0 Å². The molecule has 0 saturated heterocycles. The van der Waals surface area contributed by atoms with Crippen LogP contribution < -0.4 is 15.0 Å². The monoisotopic (exact) mass is 555 g/mol. The van der Waals surface area contributed by atoms with Gasteiger partial charge < -0.3 is 19.6 Å². The van der Waals surface area contributed by atoms with Crippen LogP contribution in [0.3, 0.4) is 0 Å². The Morgan fingerprint density at radius 2 is 1.90 bits per heavy atom. The second kappa shape index (κ2) is 12.1. The number of sulfonamides is 1. The van der Waals surface area contributed by atoms with Gasteiger partial charge >= 0.3 is 0 Å². The van der Waals surface area contributed by atoms with E-state index >= 15 is 0 Å². The summed E-state index contributed by atoms with van der Waals surface area (Å²) in [7, 11) is -2.72. The van der Waals surface area contributed by atoms with Crippen LogP contribution in [0.4, 0.5) is 0 Å². The smallest absolute Gasteiger partial charge is 0.277 e. The Hall–Kier alpha value is -3.58. The lowest BCUT2D eigenvalue weighted by Gasteiger charge is -2.24. The molecule has 0 spiro atoms. The van der Waals surface area contributed by atoms with E-state index in [2.05, 4.69) is 19.8 Å². The lowest BCUT2D eigenvalue weighted by molar-refractivity contribution is 0.0800. The third kappa shape index (κ3) is 6.04. The van der Waals surface area contributed by atoms with E-state index in [0.717, 1.165) is 6.42 Å². The summed E-state index contributed by atoms with van der Waals surface area (Å²) in [5.41, 5.74) is 1.34. The zero-order chi connectivity index (χ0) is 28.2. The predicted molar refractivity (Wildman–Crippen MR) is 146 cm³/mol. The second-order valence-corrected chi connectivity index (χ2v) is 10.8. The molecule has 208 valence electrons. The minimum atomic E-state index is -4.15. The van der Waals surface area contributed by atoms with E-state index in [1.54, 1.807) is 44.2 Å². The Morgan fingerprint density at radius 1 is 1.15 bits per heavy atom. The third-order valence-electron chi connectivity index (χ3n) is 6.21. The van der Waals surface area contributed by atoms with E-state index in [1.807, 2.05) is 6.92 Å². The first-order chi connectivity index (χ1) is 18.7. The minimum Gasteiger partial charge on any atom is -0.493 e. The van der Waals surface area contributed by atoms with Gasteiger partial charge in [-0.2, -0.15) is 0 Å². The number of nitrogens with zero attached hydrogens (tertiary/aromatic N) is 3. The van der Waals surface area contributed by atoms with Gasteiger partial charge in [-0.05, 0) is 44.0 Å². The highest BCUT2D eigenvalue weighted by atomic mass is 32.2. The van der Waals surface area contributed by atoms with Crippen LogP contribution in [0.25, 0.3) is 16.9 Å². The lowest BCUT2D eigenvalue weighted by Crippen LogP contribution is -2.42. The Bertz CT molecular complexity index is 1600. The molecule has 0 amide bonds. The van der Waals surface area contributed by atoms with Crippen LogP contribution in [-0.2, 0) is 21.2 Å². The second-order valence-electron chi connectivity index (χ2n) is 9.06. The number of imidazole rings is 1. The highest BCUT2D eigenvalue weighted by Crippen LogP contribution is 2.31. The van der Waals surface area contributed by atoms with E-state index in [0.29, 0.717) is 46.9 Å². The largest absolute Gasteiger partial charge is 0.493 e. The summed E-state index contributed by atoms with van der Waals surface area (Å²) >= 11 is 0. The molecule has 0 saturated carbocycles. The van der Waals surface area contributed by atoms with Crippen molar-refractivity contribution in [3.63, 3.8) is 0 Å². The molecule has 2 aromatic heterocycles. The fourth-order valence-electron chi connectivity index (χ4n) is 4.40. The average Bonchev–Trinajstić information content (AvgIpc) is 3.24. The van der Waals surface area contributed by atoms with Crippen LogP contribution >= 0.6 is 0 Å². The van der Waals surface area contributed by atoms with E-state index < -0.39 is 27.7 Å². The molecule has 0 aliphatic heterocycles. The maximum atomic E-state index is 13.5. The molecule has 4 rings (SSSR count). The highest BCUT2D eigenvalue weighted by Gasteiger charge is 2.28. The maximum absolute atomic E-state index is 13.5. The molecule has 4 aromatic rings. The number of methoxy groups -OCH3 is 1. The van der Waals surface area contributed by atoms with E-state index in [9.17, 15) is 18.3 Å². The molecule has 0 aliphatic rings. The highest BCUT2D eigenvalue weighted by molar-refractivity contribution is 7.89. The Kier molecular flexibility index (Phi) is 8.80. The molecule has 3 N–H and O–H groups in total. The third-order valence-corrected chi connectivity index (χ3v) is 7.70. The maximum Gasteiger partial charge on any atom is 0.277 e. The number of aromatic nitrogens is 4. The van der Waals surface area contributed by atoms with Crippen LogP contribution in [0, 0.1) is 6.92 Å². The number of fused-ring (bicyclic) bond motifs is 1. The van der Waals surface area contributed by atoms with Gasteiger partial charge in [0.05, 0.1) is 41.5 Å². The summed E-state index contributed by atoms with van der Waals surface area (Å²) in [4.78, 5) is 20.2. The van der Waals surface area contributed by atoms with Crippen LogP contribution in [0.2, 0.25) is 0 Å². The summed E-state index contributed by atoms with van der Waals surface area (Å²) in [6.45, 7) is 5.80. The molecule has 12 heteroatoms. The van der Waals surface area contributed by atoms with E-state index in [4.69, 9.17) is 9.47 Å². The summed E-state index contributed by atoms with van der Waals surface area (Å²) in [6.07, 6.45) is 0.278. The number of aryl methyl sites for hydroxylation is 2. The average molecular weight is 556 g/mol. The molecule has 0 aliphatic carbocycles. The SMILES string of the molecule is CCCc1nc(C)c2c(=O)[nH]c(-c3cc(S(=O)(=O)NC(COC)C(O)c4ccccc4)ccc3OCC)nn12. The summed E-state index contributed by atoms with van der Waals surface area (Å²) < 4.78 is 42.0. The first-order valence-electron chi connectivity index (χ1n) is 12.7. The van der Waals surface area contributed by atoms with Gasteiger partial charge in [0.2, 0.25) is 10.0 Å². The molecular weight excluding hydrogens is 522 g/mol. The molecule has 0 bridgehead atoms. The minimum absolute atomic E-state index is 0.0646. The number of aromatic amines is 1. The van der Waals surface area contributed by atoms with Crippen LogP contribution in [0.15, 0.2) is 58.2 Å². The normalized spacial score (nSPS) is 13.5. The number of aliphatic hydroxyl groups is 1. The molecule has 2 heterocycles. The van der Waals surface area contributed by atoms with Crippen molar-refractivity contribution in [2.75, 3.05) is 20.3 Å². The fraction of sp³-hybridized carbons (Fsp3) is 0.370. The number of nitrogens with one attached hydrogen (secondary N) is 2. The number of hydrogen-bond donors (Lipinski definition) is 3. The zero-order valence-corrected chi connectivity index (χ0v) is 23.2. The zero-order valence-electron chi connectivity index (χ0n) is 22.3. The van der Waals surface area contributed by atoms with Gasteiger partial charge in [-0.25, -0.2) is 22.6 Å². The Labute approximate surface area is 226 Å². The van der Waals surface area contributed by atoms with Gasteiger partial charge in [-0.3, -0.25) is 4.79 Å². The predicted octanol–water partition coefficient (Wildman–Crippen LogP) is 2.77. The molecule has 2 aromatic carbocycles. The molecule has 11 nitrogen and oxygen atoms in total. The number of benzene rings is 2. The van der Waals surface area contributed by atoms with Crippen LogP contribution in [0.1, 0.15) is 43.5 Å². The van der Waals surface area contributed by atoms with Gasteiger partial charge in [0.15, 0.2) is 11.3 Å². The molecule has 2 atom stereocenters. The van der Waals surface area contributed by atoms with Crippen molar-refractivity contribution >= 4 is 15.5 Å². The number of H-pyrrole nitrogens is 1. The quantitative estimate of drug-likeness (QED) is 0.242. The number of aliphatic hydroxyl groups excluding tert-OH is 1. The summed E-state index contributed by atoms with van der Waals surface area (Å²) in [6, 6.07) is 12.1. The van der Waals surface area contributed by atoms with Crippen molar-refractivity contribution in [2.24, 2.45) is 0 Å². The lowest BCUT2D eigenvalue weighted by atomic mass is 10.0. The summed E-state index contributed by atoms with van der Waals surface area (Å²) in [5, 5.41) is 15.5. The van der Waals surface area contributed by atoms with Gasteiger partial charge in [0.25, 0.3) is 5.56 Å². The van der Waals surface area contributed by atoms with Crippen molar-refractivity contribution in [3.8, 4) is 17.1 Å². The molecule has 39 heavy (non-hydrogen) atoms. The van der Waals surface area contributed by atoms with Crippen molar-refractivity contribution < 1.29 is 23.0 Å². The Balaban J connectivity index is 1.78. The standard InChI is InChI=1S/C27H33N5O6S/c1-5-10-23-28-17(3)24-27(34)29-26(30-32(23)24)20-15-19(13-14-22(20)38-6-2)39(35,36)31-21(16-37-4)25(33)18-11-8-7-9-12-18/h7-9,11-15,21,25,31,33H,5-6,10,16H2,1-4H3,(H,29,30,34). The van der Waals surface area contributed by atoms with Gasteiger partial charge in [-0.15, -0.1) is 5.10 Å². The molecule has 2 unspecified atom stereocenters. The first-order valence-corrected chi connectivity index (χ1v) is 14.2. The van der Waals surface area contributed by atoms with Gasteiger partial charge in [-0.1, -0.05) is 37.3 Å². The molecule has 0 fully saturated rings. The Morgan fingerprint density at radius 3 is 2.56 bits per heavy atom. The van der Waals surface area contributed by atoms with E-state index in [-0.39, 0.29) is 17.3 Å². The van der Waals surface area contributed by atoms with Gasteiger partial charge in [0, 0.05) is 13.5 Å². The van der Waals surface area contributed by atoms with Crippen molar-refractivity contribution in [1.82, 2.24) is 24.3 Å². The molecular formula is C27H33N5O6S. The first kappa shape index (κ1) is 28.4. The number of rotatable bonds is 12. The van der Waals surface area contributed by atoms with Crippen LogP contribution in [0.5, 0.6) is 5.75 Å². The molecule has 0 radical (unpaired) electrons. The summed E-state index contributed by atoms with van der Waals surface area (Å²) in [5.74, 6) is 1.13. The van der Waals surface area contributed by atoms with Crippen LogP contribution in [-0.4, -0.2) is 59.5 Å².